The van der Waals surface area contributed by atoms with E-state index in [1.54, 1.807) is 27.7 Å². The van der Waals surface area contributed by atoms with Crippen molar-refractivity contribution in [1.82, 2.24) is 15.2 Å². The molecule has 9 heteroatoms. The molecular formula is C17H25N3O6. The molecule has 0 atom stereocenters. The molecule has 0 aliphatic carbocycles. The van der Waals surface area contributed by atoms with Gasteiger partial charge in [-0.05, 0) is 33.3 Å². The Morgan fingerprint density at radius 3 is 2.31 bits per heavy atom. The summed E-state index contributed by atoms with van der Waals surface area (Å²) in [7, 11) is 2.88. The van der Waals surface area contributed by atoms with Crippen molar-refractivity contribution in [1.29, 1.82) is 0 Å². The summed E-state index contributed by atoms with van der Waals surface area (Å²) in [5, 5.41) is 2.39. The molecule has 2 amide bonds. The van der Waals surface area contributed by atoms with E-state index in [1.165, 1.54) is 14.1 Å². The monoisotopic (exact) mass is 367 g/mol. The summed E-state index contributed by atoms with van der Waals surface area (Å²) in [6.45, 7) is 6.03. The maximum atomic E-state index is 12.2. The van der Waals surface area contributed by atoms with Gasteiger partial charge in [0, 0.05) is 19.8 Å². The van der Waals surface area contributed by atoms with Crippen LogP contribution in [0.3, 0.4) is 0 Å². The van der Waals surface area contributed by atoms with Crippen LogP contribution >= 0.6 is 0 Å². The van der Waals surface area contributed by atoms with Crippen LogP contribution in [0.1, 0.15) is 46.0 Å². The molecule has 0 aliphatic heterocycles. The maximum Gasteiger partial charge on any atom is 0.355 e. The van der Waals surface area contributed by atoms with Gasteiger partial charge in [0.05, 0.1) is 18.2 Å². The highest BCUT2D eigenvalue weighted by Crippen LogP contribution is 2.20. The van der Waals surface area contributed by atoms with Crippen molar-refractivity contribution in [2.24, 2.45) is 0 Å². The van der Waals surface area contributed by atoms with Crippen LogP contribution in [0.5, 0.6) is 0 Å². The van der Waals surface area contributed by atoms with E-state index >= 15 is 0 Å². The number of nitrogens with zero attached hydrogens (tertiary/aromatic N) is 1. The molecule has 144 valence electrons. The highest BCUT2D eigenvalue weighted by Gasteiger charge is 2.25. The predicted octanol–water partition coefficient (Wildman–Crippen LogP) is 0.558. The number of aromatic nitrogens is 1. The average molecular weight is 367 g/mol. The average Bonchev–Trinajstić information content (AvgIpc) is 2.85. The number of likely N-dealkylation sites (N-methyl/N-ethyl adjacent to an activating group) is 2. The summed E-state index contributed by atoms with van der Waals surface area (Å²) >= 11 is 0. The zero-order chi connectivity index (χ0) is 20.0. The summed E-state index contributed by atoms with van der Waals surface area (Å²) in [5.74, 6) is -2.17. The van der Waals surface area contributed by atoms with E-state index in [0.29, 0.717) is 11.3 Å². The van der Waals surface area contributed by atoms with Gasteiger partial charge in [0.1, 0.15) is 5.69 Å². The molecule has 0 saturated carbocycles. The van der Waals surface area contributed by atoms with Crippen molar-refractivity contribution in [3.63, 3.8) is 0 Å². The Morgan fingerprint density at radius 2 is 1.77 bits per heavy atom. The number of esters is 2. The second kappa shape index (κ2) is 9.02. The smallest absolute Gasteiger partial charge is 0.355 e. The van der Waals surface area contributed by atoms with E-state index in [9.17, 15) is 19.2 Å². The SMILES string of the molecule is CNC(=O)CN(C)C(=O)COC(=O)c1[nH]c(C)c(C(=O)OC(C)C)c1C. The number of carbonyl (C=O) groups is 4. The summed E-state index contributed by atoms with van der Waals surface area (Å²) < 4.78 is 10.1. The zero-order valence-electron chi connectivity index (χ0n) is 15.9. The van der Waals surface area contributed by atoms with Gasteiger partial charge in [-0.1, -0.05) is 0 Å². The minimum absolute atomic E-state index is 0.0833. The van der Waals surface area contributed by atoms with Crippen molar-refractivity contribution in [3.05, 3.63) is 22.5 Å². The molecule has 1 heterocycles. The number of carbonyl (C=O) groups excluding carboxylic acids is 4. The summed E-state index contributed by atoms with van der Waals surface area (Å²) in [4.78, 5) is 51.4. The Labute approximate surface area is 152 Å². The molecule has 1 aromatic heterocycles. The lowest BCUT2D eigenvalue weighted by atomic mass is 10.1. The standard InChI is InChI=1S/C17H25N3O6/c1-9(2)26-16(23)14-10(3)15(19-11(14)4)17(24)25-8-13(22)20(6)7-12(21)18-5/h9,19H,7-8H2,1-6H3,(H,18,21). The quantitative estimate of drug-likeness (QED) is 0.680. The number of hydrogen-bond donors (Lipinski definition) is 2. The topological polar surface area (TPSA) is 118 Å². The Bertz CT molecular complexity index is 708. The molecule has 9 nitrogen and oxygen atoms in total. The molecule has 0 aliphatic rings. The first-order valence-electron chi connectivity index (χ1n) is 8.10. The van der Waals surface area contributed by atoms with Gasteiger partial charge in [0.15, 0.2) is 6.61 Å². The van der Waals surface area contributed by atoms with E-state index in [2.05, 4.69) is 10.3 Å². The van der Waals surface area contributed by atoms with Crippen LogP contribution < -0.4 is 5.32 Å². The van der Waals surface area contributed by atoms with Crippen LogP contribution in [0.15, 0.2) is 0 Å². The Hall–Kier alpha value is -2.84. The third kappa shape index (κ3) is 5.33. The van der Waals surface area contributed by atoms with Crippen LogP contribution in [0, 0.1) is 13.8 Å². The number of aromatic amines is 1. The second-order valence-corrected chi connectivity index (χ2v) is 6.08. The second-order valence-electron chi connectivity index (χ2n) is 6.08. The van der Waals surface area contributed by atoms with Crippen molar-refractivity contribution in [3.8, 4) is 0 Å². The third-order valence-electron chi connectivity index (χ3n) is 3.60. The van der Waals surface area contributed by atoms with E-state index in [1.807, 2.05) is 0 Å². The van der Waals surface area contributed by atoms with Gasteiger partial charge in [-0.15, -0.1) is 0 Å². The Balaban J connectivity index is 2.78. The molecule has 0 radical (unpaired) electrons. The minimum atomic E-state index is -0.768. The van der Waals surface area contributed by atoms with Gasteiger partial charge in [0.25, 0.3) is 5.91 Å². The van der Waals surface area contributed by atoms with E-state index in [0.717, 1.165) is 4.90 Å². The highest BCUT2D eigenvalue weighted by molar-refractivity contribution is 5.99. The predicted molar refractivity (Wildman–Crippen MR) is 92.8 cm³/mol. The number of H-pyrrole nitrogens is 1. The van der Waals surface area contributed by atoms with Gasteiger partial charge in [-0.2, -0.15) is 0 Å². The molecule has 0 spiro atoms. The molecular weight excluding hydrogens is 342 g/mol. The molecule has 26 heavy (non-hydrogen) atoms. The van der Waals surface area contributed by atoms with Crippen molar-refractivity contribution in [2.45, 2.75) is 33.8 Å². The number of rotatable bonds is 7. The molecule has 1 rings (SSSR count). The highest BCUT2D eigenvalue weighted by atomic mass is 16.5. The van der Waals surface area contributed by atoms with Crippen molar-refractivity contribution < 1.29 is 28.7 Å². The fraction of sp³-hybridized carbons (Fsp3) is 0.529. The molecule has 0 aromatic carbocycles. The van der Waals surface area contributed by atoms with E-state index in [4.69, 9.17) is 9.47 Å². The minimum Gasteiger partial charge on any atom is -0.459 e. The lowest BCUT2D eigenvalue weighted by Crippen LogP contribution is -2.39. The van der Waals surface area contributed by atoms with Crippen molar-refractivity contribution in [2.75, 3.05) is 27.2 Å². The number of amides is 2. The zero-order valence-corrected chi connectivity index (χ0v) is 15.9. The van der Waals surface area contributed by atoms with Crippen LogP contribution in [0.2, 0.25) is 0 Å². The van der Waals surface area contributed by atoms with Gasteiger partial charge in [-0.25, -0.2) is 9.59 Å². The normalized spacial score (nSPS) is 10.4. The Morgan fingerprint density at radius 1 is 1.15 bits per heavy atom. The first kappa shape index (κ1) is 21.2. The Kier molecular flexibility index (Phi) is 7.36. The lowest BCUT2D eigenvalue weighted by Gasteiger charge is -2.15. The van der Waals surface area contributed by atoms with E-state index in [-0.39, 0.29) is 29.8 Å². The molecule has 2 N–H and O–H groups in total. The summed E-state index contributed by atoms with van der Waals surface area (Å²) in [6, 6.07) is 0. The fourth-order valence-electron chi connectivity index (χ4n) is 2.23. The molecule has 0 fully saturated rings. The summed E-state index contributed by atoms with van der Waals surface area (Å²) in [5.41, 5.74) is 1.22. The molecule has 0 unspecified atom stereocenters. The lowest BCUT2D eigenvalue weighted by molar-refractivity contribution is -0.137. The number of nitrogens with one attached hydrogen (secondary N) is 2. The van der Waals surface area contributed by atoms with Gasteiger partial charge in [0.2, 0.25) is 5.91 Å². The molecule has 1 aromatic rings. The van der Waals surface area contributed by atoms with Gasteiger partial charge >= 0.3 is 11.9 Å². The largest absolute Gasteiger partial charge is 0.459 e. The van der Waals surface area contributed by atoms with Crippen LogP contribution in [0.4, 0.5) is 0 Å². The maximum absolute atomic E-state index is 12.2. The third-order valence-corrected chi connectivity index (χ3v) is 3.60. The summed E-state index contributed by atoms with van der Waals surface area (Å²) in [6.07, 6.45) is -0.292. The number of hydrogen-bond acceptors (Lipinski definition) is 6. The molecule has 0 bridgehead atoms. The molecule has 0 saturated heterocycles. The van der Waals surface area contributed by atoms with Crippen LogP contribution in [0.25, 0.3) is 0 Å². The van der Waals surface area contributed by atoms with Gasteiger partial charge in [-0.3, -0.25) is 9.59 Å². The number of aryl methyl sites for hydroxylation is 1. The van der Waals surface area contributed by atoms with Gasteiger partial charge < -0.3 is 24.7 Å². The first-order valence-corrected chi connectivity index (χ1v) is 8.10. The first-order chi connectivity index (χ1) is 12.1. The van der Waals surface area contributed by atoms with Crippen LogP contribution in [-0.2, 0) is 19.1 Å². The number of ether oxygens (including phenoxy) is 2. The van der Waals surface area contributed by atoms with Crippen LogP contribution in [-0.4, -0.2) is 67.0 Å². The van der Waals surface area contributed by atoms with Crippen molar-refractivity contribution >= 4 is 23.8 Å². The van der Waals surface area contributed by atoms with E-state index < -0.39 is 24.5 Å². The fourth-order valence-corrected chi connectivity index (χ4v) is 2.23.